The normalized spacial score (nSPS) is 11.6. The summed E-state index contributed by atoms with van der Waals surface area (Å²) in [4.78, 5) is 0. The van der Waals surface area contributed by atoms with Crippen molar-refractivity contribution in [3.05, 3.63) is 29.8 Å². The lowest BCUT2D eigenvalue weighted by Crippen LogP contribution is -2.04. The SMILES string of the molecule is CSc1nnc(-c2ccc(C(F)(F)F)cc2)nn1. The van der Waals surface area contributed by atoms with Gasteiger partial charge >= 0.3 is 6.18 Å². The van der Waals surface area contributed by atoms with Gasteiger partial charge in [0.1, 0.15) is 0 Å². The number of alkyl halides is 3. The van der Waals surface area contributed by atoms with E-state index in [-0.39, 0.29) is 5.82 Å². The largest absolute Gasteiger partial charge is 0.416 e. The highest BCUT2D eigenvalue weighted by atomic mass is 32.2. The van der Waals surface area contributed by atoms with E-state index in [1.165, 1.54) is 23.9 Å². The Labute approximate surface area is 105 Å². The van der Waals surface area contributed by atoms with Gasteiger partial charge in [-0.3, -0.25) is 0 Å². The Morgan fingerprint density at radius 3 is 1.94 bits per heavy atom. The molecule has 0 atom stereocenters. The second-order valence-electron chi connectivity index (χ2n) is 3.29. The summed E-state index contributed by atoms with van der Waals surface area (Å²) in [5, 5.41) is 15.5. The van der Waals surface area contributed by atoms with Crippen molar-refractivity contribution in [3.63, 3.8) is 0 Å². The molecular weight excluding hydrogens is 265 g/mol. The standard InChI is InChI=1S/C10H7F3N4S/c1-18-9-16-14-8(15-17-9)6-2-4-7(5-3-6)10(11,12)13/h2-5H,1H3. The molecule has 1 heterocycles. The molecule has 0 fully saturated rings. The molecule has 0 bridgehead atoms. The number of aromatic nitrogens is 4. The Morgan fingerprint density at radius 1 is 0.944 bits per heavy atom. The van der Waals surface area contributed by atoms with Crippen LogP contribution in [0.3, 0.4) is 0 Å². The van der Waals surface area contributed by atoms with Crippen LogP contribution in [-0.4, -0.2) is 26.7 Å². The minimum absolute atomic E-state index is 0.196. The van der Waals surface area contributed by atoms with Gasteiger partial charge in [0, 0.05) is 5.56 Å². The molecule has 0 aliphatic heterocycles. The van der Waals surface area contributed by atoms with Gasteiger partial charge in [-0.1, -0.05) is 23.9 Å². The Balaban J connectivity index is 2.28. The fourth-order valence-corrected chi connectivity index (χ4v) is 1.47. The molecule has 0 N–H and O–H groups in total. The minimum atomic E-state index is -4.35. The van der Waals surface area contributed by atoms with Crippen molar-refractivity contribution in [1.82, 2.24) is 20.4 Å². The van der Waals surface area contributed by atoms with E-state index in [9.17, 15) is 13.2 Å². The molecule has 0 unspecified atom stereocenters. The van der Waals surface area contributed by atoms with Crippen LogP contribution in [0, 0.1) is 0 Å². The summed E-state index contributed by atoms with van der Waals surface area (Å²) in [6.07, 6.45) is -2.57. The summed E-state index contributed by atoms with van der Waals surface area (Å²) in [6.45, 7) is 0. The summed E-state index contributed by atoms with van der Waals surface area (Å²) >= 11 is 1.28. The molecule has 2 aromatic rings. The van der Waals surface area contributed by atoms with Crippen molar-refractivity contribution in [1.29, 1.82) is 0 Å². The monoisotopic (exact) mass is 272 g/mol. The first-order valence-electron chi connectivity index (χ1n) is 4.80. The first-order valence-corrected chi connectivity index (χ1v) is 6.02. The highest BCUT2D eigenvalue weighted by Crippen LogP contribution is 2.30. The highest BCUT2D eigenvalue weighted by Gasteiger charge is 2.30. The fraction of sp³-hybridized carbons (Fsp3) is 0.200. The molecule has 94 valence electrons. The zero-order chi connectivity index (χ0) is 13.2. The lowest BCUT2D eigenvalue weighted by Gasteiger charge is -2.06. The van der Waals surface area contributed by atoms with Gasteiger partial charge in [0.15, 0.2) is 0 Å². The number of rotatable bonds is 2. The summed E-state index contributed by atoms with van der Waals surface area (Å²) in [6, 6.07) is 4.53. The van der Waals surface area contributed by atoms with Gasteiger partial charge < -0.3 is 0 Å². The van der Waals surface area contributed by atoms with E-state index in [0.29, 0.717) is 10.7 Å². The maximum Gasteiger partial charge on any atom is 0.416 e. The first kappa shape index (κ1) is 12.7. The Hall–Kier alpha value is -1.70. The van der Waals surface area contributed by atoms with Crippen LogP contribution in [0.2, 0.25) is 0 Å². The van der Waals surface area contributed by atoms with Gasteiger partial charge in [0.25, 0.3) is 0 Å². The lowest BCUT2D eigenvalue weighted by molar-refractivity contribution is -0.137. The number of benzene rings is 1. The molecule has 8 heteroatoms. The van der Waals surface area contributed by atoms with Crippen LogP contribution in [0.4, 0.5) is 13.2 Å². The molecule has 0 aliphatic rings. The van der Waals surface area contributed by atoms with Gasteiger partial charge in [-0.25, -0.2) is 0 Å². The van der Waals surface area contributed by atoms with E-state index < -0.39 is 11.7 Å². The predicted octanol–water partition coefficient (Wildman–Crippen LogP) is 2.67. The van der Waals surface area contributed by atoms with Crippen molar-refractivity contribution >= 4 is 11.8 Å². The van der Waals surface area contributed by atoms with E-state index in [1.807, 2.05) is 0 Å². The molecule has 0 saturated carbocycles. The molecular formula is C10H7F3N4S. The van der Waals surface area contributed by atoms with Crippen LogP contribution in [0.1, 0.15) is 5.56 Å². The summed E-state index contributed by atoms with van der Waals surface area (Å²) in [5.41, 5.74) is -0.274. The summed E-state index contributed by atoms with van der Waals surface area (Å²) in [7, 11) is 0. The van der Waals surface area contributed by atoms with E-state index in [0.717, 1.165) is 12.1 Å². The molecule has 0 radical (unpaired) electrons. The third-order valence-electron chi connectivity index (χ3n) is 2.11. The van der Waals surface area contributed by atoms with E-state index in [2.05, 4.69) is 20.4 Å². The maximum atomic E-state index is 12.4. The van der Waals surface area contributed by atoms with Crippen LogP contribution in [0.5, 0.6) is 0 Å². The quantitative estimate of drug-likeness (QED) is 0.787. The average molecular weight is 272 g/mol. The summed E-state index contributed by atoms with van der Waals surface area (Å²) in [5.74, 6) is 0.196. The molecule has 2 rings (SSSR count). The lowest BCUT2D eigenvalue weighted by atomic mass is 10.1. The van der Waals surface area contributed by atoms with Crippen LogP contribution < -0.4 is 0 Å². The number of thioether (sulfide) groups is 1. The molecule has 0 saturated heterocycles. The number of hydrogen-bond donors (Lipinski definition) is 0. The molecule has 1 aromatic heterocycles. The molecule has 4 nitrogen and oxygen atoms in total. The predicted molar refractivity (Wildman–Crippen MR) is 59.8 cm³/mol. The van der Waals surface area contributed by atoms with E-state index in [4.69, 9.17) is 0 Å². The van der Waals surface area contributed by atoms with E-state index >= 15 is 0 Å². The number of nitrogens with zero attached hydrogens (tertiary/aromatic N) is 4. The summed E-state index contributed by atoms with van der Waals surface area (Å²) < 4.78 is 37.1. The second kappa shape index (κ2) is 4.89. The maximum absolute atomic E-state index is 12.4. The van der Waals surface area contributed by atoms with Crippen molar-refractivity contribution in [2.75, 3.05) is 6.26 Å². The van der Waals surface area contributed by atoms with E-state index in [1.54, 1.807) is 6.26 Å². The third-order valence-corrected chi connectivity index (χ3v) is 2.64. The van der Waals surface area contributed by atoms with Crippen molar-refractivity contribution in [2.45, 2.75) is 11.3 Å². The molecule has 0 spiro atoms. The van der Waals surface area contributed by atoms with Crippen molar-refractivity contribution in [2.24, 2.45) is 0 Å². The van der Waals surface area contributed by atoms with Gasteiger partial charge in [-0.05, 0) is 18.4 Å². The zero-order valence-electron chi connectivity index (χ0n) is 9.14. The smallest absolute Gasteiger partial charge is 0.166 e. The van der Waals surface area contributed by atoms with Crippen molar-refractivity contribution in [3.8, 4) is 11.4 Å². The number of halogens is 3. The van der Waals surface area contributed by atoms with Crippen LogP contribution >= 0.6 is 11.8 Å². The molecule has 0 amide bonds. The molecule has 18 heavy (non-hydrogen) atoms. The Morgan fingerprint density at radius 2 is 1.50 bits per heavy atom. The van der Waals surface area contributed by atoms with Crippen LogP contribution in [0.15, 0.2) is 29.4 Å². The zero-order valence-corrected chi connectivity index (χ0v) is 9.96. The van der Waals surface area contributed by atoms with Gasteiger partial charge in [-0.2, -0.15) is 13.2 Å². The van der Waals surface area contributed by atoms with Crippen molar-refractivity contribution < 1.29 is 13.2 Å². The van der Waals surface area contributed by atoms with Gasteiger partial charge in [-0.15, -0.1) is 20.4 Å². The van der Waals surface area contributed by atoms with Crippen LogP contribution in [0.25, 0.3) is 11.4 Å². The van der Waals surface area contributed by atoms with Gasteiger partial charge in [0.05, 0.1) is 5.56 Å². The number of hydrogen-bond acceptors (Lipinski definition) is 5. The first-order chi connectivity index (χ1) is 8.50. The average Bonchev–Trinajstić information content (AvgIpc) is 2.38. The van der Waals surface area contributed by atoms with Crippen LogP contribution in [-0.2, 0) is 6.18 Å². The topological polar surface area (TPSA) is 51.6 Å². The second-order valence-corrected chi connectivity index (χ2v) is 4.06. The third kappa shape index (κ3) is 2.76. The molecule has 1 aromatic carbocycles. The minimum Gasteiger partial charge on any atom is -0.166 e. The highest BCUT2D eigenvalue weighted by molar-refractivity contribution is 7.98. The molecule has 0 aliphatic carbocycles. The Kier molecular flexibility index (Phi) is 3.46. The Bertz CT molecular complexity index is 524. The van der Waals surface area contributed by atoms with Gasteiger partial charge in [0.2, 0.25) is 11.0 Å². The fourth-order valence-electron chi connectivity index (χ4n) is 1.23.